The summed E-state index contributed by atoms with van der Waals surface area (Å²) in [5.41, 5.74) is 0.108. The van der Waals surface area contributed by atoms with E-state index in [2.05, 4.69) is 0 Å². The molecule has 3 atom stereocenters. The third-order valence-corrected chi connectivity index (χ3v) is 6.31. The Bertz CT molecular complexity index is 569. The van der Waals surface area contributed by atoms with Crippen LogP contribution in [0.2, 0.25) is 0 Å². The molecule has 7 nitrogen and oxygen atoms in total. The Morgan fingerprint density at radius 1 is 1.43 bits per heavy atom. The van der Waals surface area contributed by atoms with Crippen LogP contribution < -0.4 is 0 Å². The van der Waals surface area contributed by atoms with Crippen molar-refractivity contribution in [3.8, 4) is 0 Å². The van der Waals surface area contributed by atoms with Crippen LogP contribution in [0.4, 0.5) is 0 Å². The number of aliphatic carboxylic acids is 1. The van der Waals surface area contributed by atoms with Gasteiger partial charge < -0.3 is 20.0 Å². The largest absolute Gasteiger partial charge is 0.477 e. The summed E-state index contributed by atoms with van der Waals surface area (Å²) in [7, 11) is 0. The highest BCUT2D eigenvalue weighted by Crippen LogP contribution is 2.48. The zero-order valence-electron chi connectivity index (χ0n) is 12.9. The van der Waals surface area contributed by atoms with Crippen LogP contribution in [0.1, 0.15) is 26.2 Å². The monoisotopic (exact) mass is 339 g/mol. The SMILES string of the molecule is CC(O)C1C(=O)N2C(C(=O)O)=C(SC3CCN(C=N)CC3)C[C@H]12. The Morgan fingerprint density at radius 2 is 2.09 bits per heavy atom. The summed E-state index contributed by atoms with van der Waals surface area (Å²) >= 11 is 1.56. The molecule has 0 aromatic carbocycles. The zero-order chi connectivity index (χ0) is 16.7. The van der Waals surface area contributed by atoms with Crippen LogP contribution in [0.5, 0.6) is 0 Å². The highest BCUT2D eigenvalue weighted by molar-refractivity contribution is 8.03. The van der Waals surface area contributed by atoms with E-state index >= 15 is 0 Å². The lowest BCUT2D eigenvalue weighted by Gasteiger charge is -2.44. The van der Waals surface area contributed by atoms with Gasteiger partial charge in [-0.05, 0) is 19.8 Å². The van der Waals surface area contributed by atoms with Gasteiger partial charge in [-0.15, -0.1) is 11.8 Å². The number of piperidine rings is 1. The molecule has 3 N–H and O–H groups in total. The van der Waals surface area contributed by atoms with Crippen LogP contribution >= 0.6 is 11.8 Å². The predicted molar refractivity (Wildman–Crippen MR) is 86.1 cm³/mol. The first kappa shape index (κ1) is 16.3. The second-order valence-electron chi connectivity index (χ2n) is 6.31. The zero-order valence-corrected chi connectivity index (χ0v) is 13.8. The number of carboxylic acid groups (broad SMARTS) is 1. The van der Waals surface area contributed by atoms with Gasteiger partial charge in [0.15, 0.2) is 0 Å². The van der Waals surface area contributed by atoms with Crippen LogP contribution in [-0.4, -0.2) is 68.7 Å². The molecule has 8 heteroatoms. The number of fused-ring (bicyclic) bond motifs is 1. The van der Waals surface area contributed by atoms with Crippen molar-refractivity contribution in [3.63, 3.8) is 0 Å². The summed E-state index contributed by atoms with van der Waals surface area (Å²) in [4.78, 5) is 27.8. The van der Waals surface area contributed by atoms with Gasteiger partial charge in [-0.1, -0.05) is 0 Å². The van der Waals surface area contributed by atoms with Crippen LogP contribution in [0.25, 0.3) is 0 Å². The standard InChI is InChI=1S/C15H21N3O4S/c1-8(19)12-10-6-11(13(15(21)22)18(10)14(12)20)23-9-2-4-17(7-16)5-3-9/h7-10,12,16,19H,2-6H2,1H3,(H,21,22)/t8?,10-,12?/m1/s1. The van der Waals surface area contributed by atoms with Crippen molar-refractivity contribution in [1.82, 2.24) is 9.80 Å². The highest BCUT2D eigenvalue weighted by Gasteiger charge is 2.56. The van der Waals surface area contributed by atoms with Gasteiger partial charge in [-0.25, -0.2) is 4.79 Å². The smallest absolute Gasteiger partial charge is 0.353 e. The molecule has 0 aromatic rings. The minimum atomic E-state index is -1.07. The van der Waals surface area contributed by atoms with Gasteiger partial charge in [0.05, 0.1) is 24.4 Å². The molecule has 3 heterocycles. The van der Waals surface area contributed by atoms with E-state index in [-0.39, 0.29) is 17.6 Å². The summed E-state index contributed by atoms with van der Waals surface area (Å²) in [5.74, 6) is -1.83. The fraction of sp³-hybridized carbons (Fsp3) is 0.667. The number of aliphatic hydroxyl groups excluding tert-OH is 1. The van der Waals surface area contributed by atoms with E-state index in [0.29, 0.717) is 11.7 Å². The lowest BCUT2D eigenvalue weighted by Crippen LogP contribution is -2.61. The van der Waals surface area contributed by atoms with Crippen LogP contribution in [0.15, 0.2) is 10.6 Å². The molecule has 0 bridgehead atoms. The molecule has 2 unspecified atom stereocenters. The van der Waals surface area contributed by atoms with Gasteiger partial charge in [-0.2, -0.15) is 0 Å². The van der Waals surface area contributed by atoms with Crippen molar-refractivity contribution < 1.29 is 19.8 Å². The number of likely N-dealkylation sites (tertiary alicyclic amines) is 1. The van der Waals surface area contributed by atoms with Gasteiger partial charge in [0, 0.05) is 29.7 Å². The van der Waals surface area contributed by atoms with E-state index in [1.165, 1.54) is 11.2 Å². The number of hydrogen-bond acceptors (Lipinski definition) is 5. The molecule has 126 valence electrons. The molecule has 3 aliphatic heterocycles. The maximum atomic E-state index is 12.1. The molecule has 1 amide bonds. The molecule has 0 aromatic heterocycles. The number of hydrogen-bond donors (Lipinski definition) is 3. The third-order valence-electron chi connectivity index (χ3n) is 4.86. The minimum absolute atomic E-state index is 0.108. The van der Waals surface area contributed by atoms with Gasteiger partial charge in [0.1, 0.15) is 5.70 Å². The van der Waals surface area contributed by atoms with Crippen molar-refractivity contribution in [2.75, 3.05) is 13.1 Å². The van der Waals surface area contributed by atoms with Crippen molar-refractivity contribution in [1.29, 1.82) is 5.41 Å². The quantitative estimate of drug-likeness (QED) is 0.387. The Hall–Kier alpha value is -1.54. The maximum absolute atomic E-state index is 12.1. The molecule has 23 heavy (non-hydrogen) atoms. The summed E-state index contributed by atoms with van der Waals surface area (Å²) in [6.45, 7) is 3.19. The summed E-state index contributed by atoms with van der Waals surface area (Å²) in [6.07, 6.45) is 2.91. The van der Waals surface area contributed by atoms with E-state index in [1.54, 1.807) is 18.7 Å². The number of nitrogens with zero attached hydrogens (tertiary/aromatic N) is 2. The normalized spacial score (nSPS) is 29.4. The minimum Gasteiger partial charge on any atom is -0.477 e. The average molecular weight is 339 g/mol. The number of carboxylic acids is 1. The summed E-state index contributed by atoms with van der Waals surface area (Å²) in [5, 5.41) is 26.8. The van der Waals surface area contributed by atoms with Gasteiger partial charge in [-0.3, -0.25) is 10.2 Å². The number of nitrogens with one attached hydrogen (secondary N) is 1. The molecule has 3 rings (SSSR count). The summed E-state index contributed by atoms with van der Waals surface area (Å²) < 4.78 is 0. The van der Waals surface area contributed by atoms with E-state index in [1.807, 2.05) is 4.90 Å². The first-order chi connectivity index (χ1) is 10.9. The van der Waals surface area contributed by atoms with Crippen molar-refractivity contribution in [3.05, 3.63) is 10.6 Å². The maximum Gasteiger partial charge on any atom is 0.353 e. The molecule has 0 radical (unpaired) electrons. The van der Waals surface area contributed by atoms with E-state index < -0.39 is 18.0 Å². The molecule has 0 aliphatic carbocycles. The summed E-state index contributed by atoms with van der Waals surface area (Å²) in [6, 6.07) is -0.210. The number of β-lactam (4-membered cyclic amide) rings is 1. The number of rotatable bonds is 5. The Labute approximate surface area is 138 Å². The Morgan fingerprint density at radius 3 is 2.61 bits per heavy atom. The second kappa shape index (κ2) is 6.16. The second-order valence-corrected chi connectivity index (χ2v) is 7.70. The lowest BCUT2D eigenvalue weighted by atomic mass is 9.83. The number of aliphatic hydroxyl groups is 1. The molecule has 3 aliphatic rings. The fourth-order valence-corrected chi connectivity index (χ4v) is 5.07. The van der Waals surface area contributed by atoms with Crippen molar-refractivity contribution >= 4 is 30.0 Å². The van der Waals surface area contributed by atoms with Gasteiger partial charge >= 0.3 is 5.97 Å². The number of carbonyl (C=O) groups is 2. The number of thioether (sulfide) groups is 1. The van der Waals surface area contributed by atoms with Crippen LogP contribution in [0.3, 0.4) is 0 Å². The van der Waals surface area contributed by atoms with Gasteiger partial charge in [0.2, 0.25) is 5.91 Å². The number of amides is 1. The van der Waals surface area contributed by atoms with Gasteiger partial charge in [0.25, 0.3) is 0 Å². The van der Waals surface area contributed by atoms with Crippen molar-refractivity contribution in [2.24, 2.45) is 5.92 Å². The molecule has 0 saturated carbocycles. The molecule has 2 fully saturated rings. The topological polar surface area (TPSA) is 105 Å². The lowest BCUT2D eigenvalue weighted by molar-refractivity contribution is -0.161. The Balaban J connectivity index is 1.73. The van der Waals surface area contributed by atoms with Crippen LogP contribution in [0, 0.1) is 11.3 Å². The molecular formula is C15H21N3O4S. The first-order valence-electron chi connectivity index (χ1n) is 7.83. The fourth-order valence-electron chi connectivity index (χ4n) is 3.66. The predicted octanol–water partition coefficient (Wildman–Crippen LogP) is 0.699. The van der Waals surface area contributed by atoms with E-state index in [9.17, 15) is 19.8 Å². The first-order valence-corrected chi connectivity index (χ1v) is 8.71. The average Bonchev–Trinajstić information content (AvgIpc) is 2.82. The highest BCUT2D eigenvalue weighted by atomic mass is 32.2. The molecule has 0 spiro atoms. The Kier molecular flexibility index (Phi) is 4.37. The van der Waals surface area contributed by atoms with E-state index in [0.717, 1.165) is 30.8 Å². The van der Waals surface area contributed by atoms with Crippen molar-refractivity contribution in [2.45, 2.75) is 43.6 Å². The third kappa shape index (κ3) is 2.74. The number of carbonyl (C=O) groups excluding carboxylic acids is 1. The van der Waals surface area contributed by atoms with E-state index in [4.69, 9.17) is 5.41 Å². The molecular weight excluding hydrogens is 318 g/mol. The molecule has 2 saturated heterocycles. The van der Waals surface area contributed by atoms with Crippen LogP contribution in [-0.2, 0) is 9.59 Å².